The van der Waals surface area contributed by atoms with E-state index in [1.165, 1.54) is 36.8 Å². The summed E-state index contributed by atoms with van der Waals surface area (Å²) in [7, 11) is 1.67. The van der Waals surface area contributed by atoms with E-state index in [2.05, 4.69) is 68.3 Å². The van der Waals surface area contributed by atoms with E-state index in [4.69, 9.17) is 9.47 Å². The standard InChI is InChI=1S/C29H38N2O3/c1-6-7-8-9-10-17-34-25-14-12-22(19-26(25)33-5)15-16-29-28(3,4)23-18-21(2)11-13-24(23)31(29)20-27(32)30-29/h11-16,18-19H,6-10,17,20H2,1-5H3,(H,30,32)/t29-/m1/s1. The predicted octanol–water partition coefficient (Wildman–Crippen LogP) is 5.99. The third kappa shape index (κ3) is 4.28. The number of nitrogens with one attached hydrogen (secondary N) is 1. The Morgan fingerprint density at radius 3 is 2.62 bits per heavy atom. The van der Waals surface area contributed by atoms with Crippen molar-refractivity contribution in [2.24, 2.45) is 0 Å². The zero-order valence-corrected chi connectivity index (χ0v) is 21.2. The van der Waals surface area contributed by atoms with Crippen molar-refractivity contribution in [3.8, 4) is 11.5 Å². The fraction of sp³-hybridized carbons (Fsp3) is 0.483. The zero-order chi connectivity index (χ0) is 24.3. The fourth-order valence-corrected chi connectivity index (χ4v) is 5.30. The SMILES string of the molecule is CCCCCCCOc1ccc(C=C[C@@]23NC(=O)CN2c2ccc(C)cc2C3(C)C)cc1OC. The van der Waals surface area contributed by atoms with E-state index in [1.54, 1.807) is 7.11 Å². The Kier molecular flexibility index (Phi) is 6.92. The summed E-state index contributed by atoms with van der Waals surface area (Å²) < 4.78 is 11.6. The van der Waals surface area contributed by atoms with E-state index in [0.717, 1.165) is 29.2 Å². The van der Waals surface area contributed by atoms with Crippen molar-refractivity contribution in [2.45, 2.75) is 70.9 Å². The first-order chi connectivity index (χ1) is 16.3. The van der Waals surface area contributed by atoms with Crippen LogP contribution in [0, 0.1) is 6.92 Å². The monoisotopic (exact) mass is 462 g/mol. The van der Waals surface area contributed by atoms with E-state index in [1.807, 2.05) is 18.2 Å². The smallest absolute Gasteiger partial charge is 0.241 e. The number of amides is 1. The largest absolute Gasteiger partial charge is 0.493 e. The molecule has 2 aromatic rings. The van der Waals surface area contributed by atoms with Gasteiger partial charge in [0.15, 0.2) is 11.5 Å². The van der Waals surface area contributed by atoms with Gasteiger partial charge in [0.25, 0.3) is 0 Å². The van der Waals surface area contributed by atoms with Crippen LogP contribution in [0.4, 0.5) is 5.69 Å². The highest BCUT2D eigenvalue weighted by Gasteiger charge is 2.59. The lowest BCUT2D eigenvalue weighted by Crippen LogP contribution is -2.58. The highest BCUT2D eigenvalue weighted by Crippen LogP contribution is 2.53. The number of carbonyl (C=O) groups is 1. The number of benzene rings is 2. The number of methoxy groups -OCH3 is 1. The van der Waals surface area contributed by atoms with Crippen LogP contribution in [0.15, 0.2) is 42.5 Å². The molecule has 2 heterocycles. The van der Waals surface area contributed by atoms with Crippen LogP contribution in [-0.4, -0.2) is 31.8 Å². The zero-order valence-electron chi connectivity index (χ0n) is 21.2. The van der Waals surface area contributed by atoms with Gasteiger partial charge in [-0.3, -0.25) is 4.79 Å². The Labute approximate surface area is 204 Å². The van der Waals surface area contributed by atoms with Crippen molar-refractivity contribution in [3.05, 3.63) is 59.2 Å². The van der Waals surface area contributed by atoms with E-state index in [-0.39, 0.29) is 11.3 Å². The average molecular weight is 463 g/mol. The van der Waals surface area contributed by atoms with Gasteiger partial charge >= 0.3 is 0 Å². The van der Waals surface area contributed by atoms with Crippen molar-refractivity contribution in [1.82, 2.24) is 5.32 Å². The maximum atomic E-state index is 12.5. The molecule has 0 bridgehead atoms. The number of unbranched alkanes of at least 4 members (excludes halogenated alkanes) is 4. The molecule has 182 valence electrons. The van der Waals surface area contributed by atoms with E-state index < -0.39 is 5.66 Å². The van der Waals surface area contributed by atoms with E-state index >= 15 is 0 Å². The highest BCUT2D eigenvalue weighted by molar-refractivity contribution is 5.91. The third-order valence-electron chi connectivity index (χ3n) is 7.34. The van der Waals surface area contributed by atoms with Crippen LogP contribution in [0.5, 0.6) is 11.5 Å². The quantitative estimate of drug-likeness (QED) is 0.441. The van der Waals surface area contributed by atoms with Crippen LogP contribution in [0.25, 0.3) is 6.08 Å². The van der Waals surface area contributed by atoms with E-state index in [0.29, 0.717) is 13.2 Å². The number of aryl methyl sites for hydroxylation is 1. The van der Waals surface area contributed by atoms with Crippen LogP contribution in [0.3, 0.4) is 0 Å². The summed E-state index contributed by atoms with van der Waals surface area (Å²) in [6, 6.07) is 12.5. The molecule has 1 amide bonds. The van der Waals surface area contributed by atoms with Gasteiger partial charge in [0.05, 0.1) is 20.3 Å². The molecule has 34 heavy (non-hydrogen) atoms. The first-order valence-corrected chi connectivity index (χ1v) is 12.5. The Balaban J connectivity index is 1.55. The van der Waals surface area contributed by atoms with Gasteiger partial charge in [-0.25, -0.2) is 0 Å². The second-order valence-electron chi connectivity index (χ2n) is 10.1. The molecule has 1 fully saturated rings. The number of nitrogens with zero attached hydrogens (tertiary/aromatic N) is 1. The molecule has 2 aromatic carbocycles. The molecule has 5 heteroatoms. The van der Waals surface area contributed by atoms with Gasteiger partial charge in [0.2, 0.25) is 5.91 Å². The minimum atomic E-state index is -0.610. The minimum absolute atomic E-state index is 0.0456. The van der Waals surface area contributed by atoms with Crippen molar-refractivity contribution in [3.63, 3.8) is 0 Å². The highest BCUT2D eigenvalue weighted by atomic mass is 16.5. The van der Waals surface area contributed by atoms with Gasteiger partial charge in [-0.2, -0.15) is 0 Å². The molecular formula is C29H38N2O3. The second-order valence-corrected chi connectivity index (χ2v) is 10.1. The third-order valence-corrected chi connectivity index (χ3v) is 7.34. The topological polar surface area (TPSA) is 50.8 Å². The lowest BCUT2D eigenvalue weighted by Gasteiger charge is -2.40. The first-order valence-electron chi connectivity index (χ1n) is 12.5. The molecule has 1 N–H and O–H groups in total. The Morgan fingerprint density at radius 1 is 1.06 bits per heavy atom. The van der Waals surface area contributed by atoms with Gasteiger partial charge in [-0.05, 0) is 48.7 Å². The molecule has 1 atom stereocenters. The summed E-state index contributed by atoms with van der Waals surface area (Å²) in [5.74, 6) is 1.54. The Morgan fingerprint density at radius 2 is 1.85 bits per heavy atom. The van der Waals surface area contributed by atoms with Crippen molar-refractivity contribution >= 4 is 17.7 Å². The molecule has 4 rings (SSSR count). The molecular weight excluding hydrogens is 424 g/mol. The molecule has 0 saturated carbocycles. The average Bonchev–Trinajstić information content (AvgIpc) is 3.24. The maximum Gasteiger partial charge on any atom is 0.241 e. The van der Waals surface area contributed by atoms with Crippen LogP contribution in [0.2, 0.25) is 0 Å². The molecule has 2 aliphatic rings. The minimum Gasteiger partial charge on any atom is -0.493 e. The van der Waals surface area contributed by atoms with Gasteiger partial charge in [-0.1, -0.05) is 76.3 Å². The first kappa shape index (κ1) is 24.2. The van der Waals surface area contributed by atoms with Crippen molar-refractivity contribution in [2.75, 3.05) is 25.2 Å². The number of hydrogen-bond acceptors (Lipinski definition) is 4. The number of hydrogen-bond donors (Lipinski definition) is 1. The van der Waals surface area contributed by atoms with Crippen molar-refractivity contribution < 1.29 is 14.3 Å². The van der Waals surface area contributed by atoms with Crippen LogP contribution < -0.4 is 19.7 Å². The molecule has 0 unspecified atom stereocenters. The van der Waals surface area contributed by atoms with Gasteiger partial charge in [0, 0.05) is 11.1 Å². The number of ether oxygens (including phenoxy) is 2. The molecule has 0 radical (unpaired) electrons. The summed E-state index contributed by atoms with van der Waals surface area (Å²) >= 11 is 0. The van der Waals surface area contributed by atoms with Gasteiger partial charge in [0.1, 0.15) is 5.66 Å². The predicted molar refractivity (Wildman–Crippen MR) is 139 cm³/mol. The number of anilines is 1. The fourth-order valence-electron chi connectivity index (χ4n) is 5.30. The molecule has 2 aliphatic heterocycles. The normalized spacial score (nSPS) is 20.4. The number of rotatable bonds is 10. The van der Waals surface area contributed by atoms with Crippen LogP contribution >= 0.6 is 0 Å². The Hall–Kier alpha value is -2.95. The summed E-state index contributed by atoms with van der Waals surface area (Å²) in [6.45, 7) is 9.81. The van der Waals surface area contributed by atoms with Gasteiger partial charge in [-0.15, -0.1) is 0 Å². The Bertz CT molecular complexity index is 1080. The van der Waals surface area contributed by atoms with Crippen molar-refractivity contribution in [1.29, 1.82) is 0 Å². The molecule has 0 aromatic heterocycles. The molecule has 5 nitrogen and oxygen atoms in total. The summed E-state index contributed by atoms with van der Waals surface area (Å²) in [4.78, 5) is 14.7. The summed E-state index contributed by atoms with van der Waals surface area (Å²) in [5, 5.41) is 3.29. The number of carbonyl (C=O) groups excluding carboxylic acids is 1. The molecule has 1 saturated heterocycles. The van der Waals surface area contributed by atoms with E-state index in [9.17, 15) is 4.79 Å². The lowest BCUT2D eigenvalue weighted by molar-refractivity contribution is -0.118. The molecule has 0 aliphatic carbocycles. The second kappa shape index (κ2) is 9.73. The summed E-state index contributed by atoms with van der Waals surface area (Å²) in [5.41, 5.74) is 3.72. The maximum absolute atomic E-state index is 12.5. The number of fused-ring (bicyclic) bond motifs is 3. The van der Waals surface area contributed by atoms with Crippen LogP contribution in [0.1, 0.15) is 69.6 Å². The summed E-state index contributed by atoms with van der Waals surface area (Å²) in [6.07, 6.45) is 10.2. The molecule has 0 spiro atoms. The lowest BCUT2D eigenvalue weighted by atomic mass is 9.75. The van der Waals surface area contributed by atoms with Gasteiger partial charge < -0.3 is 19.7 Å². The van der Waals surface area contributed by atoms with Crippen LogP contribution in [-0.2, 0) is 10.2 Å².